The van der Waals surface area contributed by atoms with Crippen LogP contribution in [0.1, 0.15) is 35.7 Å². The molecule has 3 rings (SSSR count). The van der Waals surface area contributed by atoms with E-state index in [-0.39, 0.29) is 17.9 Å². The number of hydrogen-bond acceptors (Lipinski definition) is 4. The molecule has 0 saturated carbocycles. The number of ether oxygens (including phenoxy) is 1. The molecule has 1 amide bonds. The zero-order valence-corrected chi connectivity index (χ0v) is 14.5. The van der Waals surface area contributed by atoms with Gasteiger partial charge >= 0.3 is 0 Å². The summed E-state index contributed by atoms with van der Waals surface area (Å²) < 4.78 is 5.78. The van der Waals surface area contributed by atoms with Gasteiger partial charge in [-0.15, -0.1) is 0 Å². The van der Waals surface area contributed by atoms with E-state index in [4.69, 9.17) is 4.74 Å². The van der Waals surface area contributed by atoms with Crippen LogP contribution in [0.3, 0.4) is 0 Å². The van der Waals surface area contributed by atoms with Crippen molar-refractivity contribution in [3.63, 3.8) is 0 Å². The number of piperidine rings is 1. The van der Waals surface area contributed by atoms with Crippen molar-refractivity contribution in [2.45, 2.75) is 32.5 Å². The minimum Gasteiger partial charge on any atom is -0.489 e. The second-order valence-electron chi connectivity index (χ2n) is 6.57. The molecule has 25 heavy (non-hydrogen) atoms. The average molecular weight is 340 g/mol. The third-order valence-electron chi connectivity index (χ3n) is 4.64. The van der Waals surface area contributed by atoms with E-state index in [2.05, 4.69) is 4.98 Å². The van der Waals surface area contributed by atoms with E-state index >= 15 is 0 Å². The summed E-state index contributed by atoms with van der Waals surface area (Å²) in [6.45, 7) is 3.56. The van der Waals surface area contributed by atoms with Gasteiger partial charge in [0.2, 0.25) is 0 Å². The monoisotopic (exact) mass is 340 g/mol. The van der Waals surface area contributed by atoms with Crippen molar-refractivity contribution >= 4 is 5.91 Å². The second kappa shape index (κ2) is 8.12. The molecular formula is C20H24N2O3. The molecule has 1 fully saturated rings. The molecule has 132 valence electrons. The number of aliphatic hydroxyl groups is 1. The van der Waals surface area contributed by atoms with Gasteiger partial charge in [-0.3, -0.25) is 9.78 Å². The molecule has 0 spiro atoms. The van der Waals surface area contributed by atoms with Crippen molar-refractivity contribution in [3.8, 4) is 5.75 Å². The van der Waals surface area contributed by atoms with Gasteiger partial charge in [-0.2, -0.15) is 0 Å². The van der Waals surface area contributed by atoms with E-state index in [0.29, 0.717) is 24.5 Å². The summed E-state index contributed by atoms with van der Waals surface area (Å²) in [4.78, 5) is 18.7. The van der Waals surface area contributed by atoms with Crippen LogP contribution in [0, 0.1) is 5.92 Å². The standard InChI is InChI=1S/C20H24N2O3/c1-15(23)18-7-4-10-22(13-18)20(24)17-6-2-8-19(11-17)25-14-16-5-3-9-21-12-16/h2-3,5-6,8-9,11-12,15,18,23H,4,7,10,13-14H2,1H3. The highest BCUT2D eigenvalue weighted by Gasteiger charge is 2.27. The van der Waals surface area contributed by atoms with Gasteiger partial charge in [0.05, 0.1) is 6.10 Å². The fourth-order valence-corrected chi connectivity index (χ4v) is 3.14. The highest BCUT2D eigenvalue weighted by atomic mass is 16.5. The lowest BCUT2D eigenvalue weighted by Crippen LogP contribution is -2.42. The van der Waals surface area contributed by atoms with E-state index < -0.39 is 0 Å². The number of aromatic nitrogens is 1. The number of pyridine rings is 1. The quantitative estimate of drug-likeness (QED) is 0.909. The number of hydrogen-bond donors (Lipinski definition) is 1. The molecule has 1 N–H and O–H groups in total. The number of benzene rings is 1. The Morgan fingerprint density at radius 1 is 1.40 bits per heavy atom. The molecule has 5 heteroatoms. The molecule has 0 bridgehead atoms. The lowest BCUT2D eigenvalue weighted by Gasteiger charge is -2.34. The number of rotatable bonds is 5. The predicted octanol–water partition coefficient (Wildman–Crippen LogP) is 2.89. The molecule has 1 saturated heterocycles. The highest BCUT2D eigenvalue weighted by molar-refractivity contribution is 5.94. The van der Waals surface area contributed by atoms with Gasteiger partial charge in [0, 0.05) is 42.5 Å². The summed E-state index contributed by atoms with van der Waals surface area (Å²) in [6.07, 6.45) is 5.00. The van der Waals surface area contributed by atoms with Gasteiger partial charge in [0.25, 0.3) is 5.91 Å². The number of aliphatic hydroxyl groups excluding tert-OH is 1. The summed E-state index contributed by atoms with van der Waals surface area (Å²) in [5.41, 5.74) is 1.60. The van der Waals surface area contributed by atoms with E-state index in [9.17, 15) is 9.90 Å². The number of carbonyl (C=O) groups is 1. The summed E-state index contributed by atoms with van der Waals surface area (Å²) in [5, 5.41) is 9.81. The third-order valence-corrected chi connectivity index (χ3v) is 4.64. The van der Waals surface area contributed by atoms with E-state index in [1.54, 1.807) is 25.4 Å². The molecule has 0 aliphatic carbocycles. The lowest BCUT2D eigenvalue weighted by atomic mass is 9.93. The van der Waals surface area contributed by atoms with Crippen LogP contribution in [0.4, 0.5) is 0 Å². The van der Waals surface area contributed by atoms with E-state index in [0.717, 1.165) is 24.9 Å². The molecule has 1 aliphatic heterocycles. The smallest absolute Gasteiger partial charge is 0.253 e. The van der Waals surface area contributed by atoms with Gasteiger partial charge in [0.1, 0.15) is 12.4 Å². The van der Waals surface area contributed by atoms with Gasteiger partial charge < -0.3 is 14.7 Å². The Labute approximate surface area is 148 Å². The minimum atomic E-state index is -0.384. The Morgan fingerprint density at radius 3 is 3.04 bits per heavy atom. The summed E-state index contributed by atoms with van der Waals surface area (Å²) in [6, 6.07) is 11.1. The van der Waals surface area contributed by atoms with Crippen molar-refractivity contribution in [3.05, 3.63) is 59.9 Å². The first-order chi connectivity index (χ1) is 12.1. The summed E-state index contributed by atoms with van der Waals surface area (Å²) >= 11 is 0. The molecule has 0 radical (unpaired) electrons. The molecule has 2 unspecified atom stereocenters. The van der Waals surface area contributed by atoms with Crippen LogP contribution in [0.15, 0.2) is 48.8 Å². The van der Waals surface area contributed by atoms with Crippen molar-refractivity contribution in [1.29, 1.82) is 0 Å². The summed E-state index contributed by atoms with van der Waals surface area (Å²) in [5.74, 6) is 0.818. The fraction of sp³-hybridized carbons (Fsp3) is 0.400. The summed E-state index contributed by atoms with van der Waals surface area (Å²) in [7, 11) is 0. The Kier molecular flexibility index (Phi) is 5.66. The van der Waals surface area contributed by atoms with Crippen LogP contribution in [-0.4, -0.2) is 40.1 Å². The second-order valence-corrected chi connectivity index (χ2v) is 6.57. The Balaban J connectivity index is 1.65. The minimum absolute atomic E-state index is 0.00261. The zero-order chi connectivity index (χ0) is 17.6. The average Bonchev–Trinajstić information content (AvgIpc) is 2.67. The normalized spacial score (nSPS) is 18.6. The maximum Gasteiger partial charge on any atom is 0.253 e. The molecule has 2 aromatic rings. The number of nitrogens with zero attached hydrogens (tertiary/aromatic N) is 2. The first kappa shape index (κ1) is 17.4. The van der Waals surface area contributed by atoms with Gasteiger partial charge in [-0.25, -0.2) is 0 Å². The van der Waals surface area contributed by atoms with Gasteiger partial charge in [0.15, 0.2) is 0 Å². The highest BCUT2D eigenvalue weighted by Crippen LogP contribution is 2.23. The molecule has 1 aromatic heterocycles. The molecular weight excluding hydrogens is 316 g/mol. The molecule has 1 aliphatic rings. The molecule has 5 nitrogen and oxygen atoms in total. The van der Waals surface area contributed by atoms with E-state index in [1.165, 1.54) is 0 Å². The maximum absolute atomic E-state index is 12.8. The van der Waals surface area contributed by atoms with Crippen molar-refractivity contribution < 1.29 is 14.6 Å². The van der Waals surface area contributed by atoms with Gasteiger partial charge in [-0.1, -0.05) is 12.1 Å². The predicted molar refractivity (Wildman–Crippen MR) is 95.3 cm³/mol. The topological polar surface area (TPSA) is 62.7 Å². The molecule has 1 aromatic carbocycles. The van der Waals surface area contributed by atoms with Crippen LogP contribution in [-0.2, 0) is 6.61 Å². The third kappa shape index (κ3) is 4.57. The largest absolute Gasteiger partial charge is 0.489 e. The van der Waals surface area contributed by atoms with E-state index in [1.807, 2.05) is 35.2 Å². The van der Waals surface area contributed by atoms with Crippen LogP contribution >= 0.6 is 0 Å². The number of amides is 1. The SMILES string of the molecule is CC(O)C1CCCN(C(=O)c2cccc(OCc3cccnc3)c2)C1. The van der Waals surface area contributed by atoms with Gasteiger partial charge in [-0.05, 0) is 44.0 Å². The maximum atomic E-state index is 12.8. The van der Waals surface area contributed by atoms with Crippen LogP contribution in [0.2, 0.25) is 0 Å². The Morgan fingerprint density at radius 2 is 2.28 bits per heavy atom. The Bertz CT molecular complexity index is 703. The van der Waals surface area contributed by atoms with Crippen molar-refractivity contribution in [2.75, 3.05) is 13.1 Å². The first-order valence-electron chi connectivity index (χ1n) is 8.72. The van der Waals surface area contributed by atoms with Crippen LogP contribution < -0.4 is 4.74 Å². The number of carbonyl (C=O) groups excluding carboxylic acids is 1. The molecule has 2 heterocycles. The fourth-order valence-electron chi connectivity index (χ4n) is 3.14. The lowest BCUT2D eigenvalue weighted by molar-refractivity contribution is 0.0465. The van der Waals surface area contributed by atoms with Crippen molar-refractivity contribution in [2.24, 2.45) is 5.92 Å². The van der Waals surface area contributed by atoms with Crippen LogP contribution in [0.25, 0.3) is 0 Å². The Hall–Kier alpha value is -2.40. The molecule has 2 atom stereocenters. The van der Waals surface area contributed by atoms with Crippen molar-refractivity contribution in [1.82, 2.24) is 9.88 Å². The number of likely N-dealkylation sites (tertiary alicyclic amines) is 1. The van der Waals surface area contributed by atoms with Crippen LogP contribution in [0.5, 0.6) is 5.75 Å². The zero-order valence-electron chi connectivity index (χ0n) is 14.5. The first-order valence-corrected chi connectivity index (χ1v) is 8.72.